The highest BCUT2D eigenvalue weighted by molar-refractivity contribution is 5.71. The van der Waals surface area contributed by atoms with Gasteiger partial charge in [0.1, 0.15) is 6.61 Å². The molecule has 23 heavy (non-hydrogen) atoms. The van der Waals surface area contributed by atoms with E-state index in [0.717, 1.165) is 18.4 Å². The maximum Gasteiger partial charge on any atom is 0.407 e. The van der Waals surface area contributed by atoms with Gasteiger partial charge in [0.05, 0.1) is 25.2 Å². The molecule has 126 valence electrons. The molecule has 0 heterocycles. The van der Waals surface area contributed by atoms with Crippen LogP contribution in [0.5, 0.6) is 0 Å². The Kier molecular flexibility index (Phi) is 6.40. The third-order valence-electron chi connectivity index (χ3n) is 3.72. The fourth-order valence-corrected chi connectivity index (χ4v) is 2.40. The van der Waals surface area contributed by atoms with Gasteiger partial charge in [-0.25, -0.2) is 4.79 Å². The first-order valence-electron chi connectivity index (χ1n) is 7.91. The number of aliphatic hydroxyl groups is 1. The number of amides is 1. The summed E-state index contributed by atoms with van der Waals surface area (Å²) in [7, 11) is 0. The fourth-order valence-electron chi connectivity index (χ4n) is 2.40. The molecule has 1 aliphatic carbocycles. The van der Waals surface area contributed by atoms with Crippen LogP contribution in [0.1, 0.15) is 31.7 Å². The van der Waals surface area contributed by atoms with E-state index in [0.29, 0.717) is 0 Å². The van der Waals surface area contributed by atoms with Gasteiger partial charge in [-0.2, -0.15) is 0 Å². The first kappa shape index (κ1) is 17.3. The highest BCUT2D eigenvalue weighted by Gasteiger charge is 2.38. The number of ether oxygens (including phenoxy) is 2. The summed E-state index contributed by atoms with van der Waals surface area (Å²) < 4.78 is 9.99. The molecule has 6 heteroatoms. The molecule has 2 N–H and O–H groups in total. The van der Waals surface area contributed by atoms with E-state index in [1.807, 2.05) is 30.3 Å². The Balaban J connectivity index is 1.81. The van der Waals surface area contributed by atoms with E-state index in [-0.39, 0.29) is 25.6 Å². The number of esters is 1. The molecule has 2 rings (SSSR count). The zero-order valence-electron chi connectivity index (χ0n) is 13.2. The molecule has 6 nitrogen and oxygen atoms in total. The third-order valence-corrected chi connectivity index (χ3v) is 3.72. The minimum Gasteiger partial charge on any atom is -0.466 e. The number of rotatable bonds is 8. The Morgan fingerprint density at radius 1 is 1.26 bits per heavy atom. The van der Waals surface area contributed by atoms with Gasteiger partial charge in [-0.15, -0.1) is 0 Å². The lowest BCUT2D eigenvalue weighted by Gasteiger charge is -2.23. The minimum atomic E-state index is -0.967. The lowest BCUT2D eigenvalue weighted by atomic mass is 10.0. The molecule has 1 fully saturated rings. The van der Waals surface area contributed by atoms with Gasteiger partial charge in [0.25, 0.3) is 0 Å². The Bertz CT molecular complexity index is 515. The van der Waals surface area contributed by atoms with E-state index >= 15 is 0 Å². The van der Waals surface area contributed by atoms with Gasteiger partial charge in [-0.1, -0.05) is 30.3 Å². The third kappa shape index (κ3) is 5.90. The number of carbonyl (C=O) groups is 2. The van der Waals surface area contributed by atoms with Crippen LogP contribution in [0.25, 0.3) is 0 Å². The Labute approximate surface area is 135 Å². The molecule has 0 spiro atoms. The molecule has 0 bridgehead atoms. The maximum atomic E-state index is 11.9. The van der Waals surface area contributed by atoms with Crippen molar-refractivity contribution in [3.63, 3.8) is 0 Å². The maximum absolute atomic E-state index is 11.9. The second kappa shape index (κ2) is 8.53. The van der Waals surface area contributed by atoms with Gasteiger partial charge in [0.2, 0.25) is 0 Å². The summed E-state index contributed by atoms with van der Waals surface area (Å²) in [5.41, 5.74) is 0.887. The van der Waals surface area contributed by atoms with Crippen molar-refractivity contribution >= 4 is 12.1 Å². The normalized spacial score (nSPS) is 16.3. The number of aliphatic hydroxyl groups excluding tert-OH is 1. The molecule has 2 atom stereocenters. The van der Waals surface area contributed by atoms with Crippen LogP contribution in [0, 0.1) is 5.92 Å². The average Bonchev–Trinajstić information content (AvgIpc) is 3.36. The van der Waals surface area contributed by atoms with Gasteiger partial charge in [-0.3, -0.25) is 4.79 Å². The van der Waals surface area contributed by atoms with Gasteiger partial charge in [-0.05, 0) is 31.2 Å². The first-order valence-corrected chi connectivity index (χ1v) is 7.91. The Morgan fingerprint density at radius 3 is 2.57 bits per heavy atom. The quantitative estimate of drug-likeness (QED) is 0.715. The molecule has 2 unspecified atom stereocenters. The van der Waals surface area contributed by atoms with E-state index in [2.05, 4.69) is 5.32 Å². The topological polar surface area (TPSA) is 84.9 Å². The smallest absolute Gasteiger partial charge is 0.407 e. The molecule has 1 saturated carbocycles. The fraction of sp³-hybridized carbons (Fsp3) is 0.529. The first-order chi connectivity index (χ1) is 11.1. The molecule has 1 amide bonds. The van der Waals surface area contributed by atoms with Crippen molar-refractivity contribution < 1.29 is 24.2 Å². The molecule has 0 radical (unpaired) electrons. The highest BCUT2D eigenvalue weighted by Crippen LogP contribution is 2.34. The summed E-state index contributed by atoms with van der Waals surface area (Å²) in [5, 5.41) is 12.9. The summed E-state index contributed by atoms with van der Waals surface area (Å²) in [6, 6.07) is 8.86. The van der Waals surface area contributed by atoms with Gasteiger partial charge in [0.15, 0.2) is 0 Å². The Hall–Kier alpha value is -2.08. The largest absolute Gasteiger partial charge is 0.466 e. The van der Waals surface area contributed by atoms with Gasteiger partial charge >= 0.3 is 12.1 Å². The van der Waals surface area contributed by atoms with Gasteiger partial charge in [0, 0.05) is 0 Å². The molecule has 1 aromatic rings. The molecule has 1 aromatic carbocycles. The van der Waals surface area contributed by atoms with Crippen LogP contribution in [-0.2, 0) is 20.9 Å². The lowest BCUT2D eigenvalue weighted by Crippen LogP contribution is -2.46. The van der Waals surface area contributed by atoms with Crippen LogP contribution < -0.4 is 5.32 Å². The van der Waals surface area contributed by atoms with E-state index in [1.54, 1.807) is 6.92 Å². The highest BCUT2D eigenvalue weighted by atomic mass is 16.5. The summed E-state index contributed by atoms with van der Waals surface area (Å²) >= 11 is 0. The molecule has 0 saturated heterocycles. The number of nitrogens with one attached hydrogen (secondary N) is 1. The van der Waals surface area contributed by atoms with Crippen LogP contribution >= 0.6 is 0 Å². The molecule has 0 aromatic heterocycles. The van der Waals surface area contributed by atoms with Crippen molar-refractivity contribution in [2.75, 3.05) is 6.61 Å². The monoisotopic (exact) mass is 321 g/mol. The minimum absolute atomic E-state index is 0.131. The number of hydrogen-bond donors (Lipinski definition) is 2. The van der Waals surface area contributed by atoms with Crippen molar-refractivity contribution in [1.29, 1.82) is 0 Å². The van der Waals surface area contributed by atoms with Crippen LogP contribution in [0.3, 0.4) is 0 Å². The number of benzene rings is 1. The van der Waals surface area contributed by atoms with Crippen LogP contribution in [-0.4, -0.2) is 35.9 Å². The van der Waals surface area contributed by atoms with E-state index in [4.69, 9.17) is 9.47 Å². The summed E-state index contributed by atoms with van der Waals surface area (Å²) in [6.45, 7) is 2.14. The standard InChI is InChI=1S/C17H23NO5/c1-2-22-15(20)10-14(19)16(13-8-9-13)18-17(21)23-11-12-6-4-3-5-7-12/h3-7,13-14,16,19H,2,8-11H2,1H3,(H,18,21). The van der Waals surface area contributed by atoms with Crippen molar-refractivity contribution in [3.8, 4) is 0 Å². The second-order valence-electron chi connectivity index (χ2n) is 5.65. The van der Waals surface area contributed by atoms with E-state index in [1.165, 1.54) is 0 Å². The lowest BCUT2D eigenvalue weighted by molar-refractivity contribution is -0.145. The molecular weight excluding hydrogens is 298 g/mol. The zero-order chi connectivity index (χ0) is 16.7. The SMILES string of the molecule is CCOC(=O)CC(O)C(NC(=O)OCc1ccccc1)C1CC1. The molecule has 0 aliphatic heterocycles. The van der Waals surface area contributed by atoms with Crippen molar-refractivity contribution in [2.24, 2.45) is 5.92 Å². The average molecular weight is 321 g/mol. The predicted octanol–water partition coefficient (Wildman–Crippen LogP) is 2.01. The summed E-state index contributed by atoms with van der Waals surface area (Å²) in [6.07, 6.45) is 0.153. The van der Waals surface area contributed by atoms with Gasteiger partial charge < -0.3 is 19.9 Å². The van der Waals surface area contributed by atoms with E-state index in [9.17, 15) is 14.7 Å². The van der Waals surface area contributed by atoms with Crippen molar-refractivity contribution in [1.82, 2.24) is 5.32 Å². The number of carbonyl (C=O) groups excluding carboxylic acids is 2. The summed E-state index contributed by atoms with van der Waals surface area (Å²) in [5.74, 6) is -0.284. The molecule has 1 aliphatic rings. The van der Waals surface area contributed by atoms with E-state index < -0.39 is 24.2 Å². The molecular formula is C17H23NO5. The Morgan fingerprint density at radius 2 is 1.96 bits per heavy atom. The number of hydrogen-bond acceptors (Lipinski definition) is 5. The second-order valence-corrected chi connectivity index (χ2v) is 5.65. The van der Waals surface area contributed by atoms with Crippen LogP contribution in [0.4, 0.5) is 4.79 Å². The zero-order valence-corrected chi connectivity index (χ0v) is 13.2. The van der Waals surface area contributed by atoms with Crippen molar-refractivity contribution in [3.05, 3.63) is 35.9 Å². The van der Waals surface area contributed by atoms with Crippen LogP contribution in [0.15, 0.2) is 30.3 Å². The number of alkyl carbamates (subject to hydrolysis) is 1. The summed E-state index contributed by atoms with van der Waals surface area (Å²) in [4.78, 5) is 23.4. The predicted molar refractivity (Wildman–Crippen MR) is 83.5 cm³/mol. The van der Waals surface area contributed by atoms with Crippen LogP contribution in [0.2, 0.25) is 0 Å². The van der Waals surface area contributed by atoms with Crippen molar-refractivity contribution in [2.45, 2.75) is 44.9 Å².